The lowest BCUT2D eigenvalue weighted by Gasteiger charge is -2.31. The zero-order valence-corrected chi connectivity index (χ0v) is 14.7. The lowest BCUT2D eigenvalue weighted by atomic mass is 10.1. The van der Waals surface area contributed by atoms with E-state index in [1.165, 1.54) is 23.4 Å². The van der Waals surface area contributed by atoms with Gasteiger partial charge in [0.1, 0.15) is 11.3 Å². The van der Waals surface area contributed by atoms with E-state index in [0.29, 0.717) is 22.3 Å². The number of fused-ring (bicyclic) bond motifs is 1. The van der Waals surface area contributed by atoms with Crippen molar-refractivity contribution in [1.82, 2.24) is 19.4 Å². The summed E-state index contributed by atoms with van der Waals surface area (Å²) in [6, 6.07) is 6.46. The Bertz CT molecular complexity index is 1050. The number of aromatic nitrogens is 3. The van der Waals surface area contributed by atoms with E-state index in [4.69, 9.17) is 5.11 Å². The van der Waals surface area contributed by atoms with E-state index in [1.807, 2.05) is 0 Å². The Morgan fingerprint density at radius 3 is 2.46 bits per heavy atom. The van der Waals surface area contributed by atoms with Gasteiger partial charge in [0.15, 0.2) is 0 Å². The normalized spacial score (nSPS) is 16.3. The van der Waals surface area contributed by atoms with Gasteiger partial charge in [0.05, 0.1) is 17.4 Å². The Morgan fingerprint density at radius 2 is 1.82 bits per heavy atom. The molecule has 7 nitrogen and oxygen atoms in total. The number of piperidine rings is 1. The second-order valence-corrected chi connectivity index (χ2v) is 6.68. The molecule has 1 N–H and O–H groups in total. The number of amides is 1. The Balaban J connectivity index is 1.59. The third-order valence-corrected chi connectivity index (χ3v) is 4.80. The first-order chi connectivity index (χ1) is 13.3. The number of carboxylic acid groups (broad SMARTS) is 1. The molecule has 1 aliphatic rings. The molecular formula is C19H16F2N4O3. The molecule has 0 atom stereocenters. The summed E-state index contributed by atoms with van der Waals surface area (Å²) < 4.78 is 28.3. The van der Waals surface area contributed by atoms with Gasteiger partial charge in [0.25, 0.3) is 11.8 Å². The van der Waals surface area contributed by atoms with E-state index in [0.717, 1.165) is 0 Å². The van der Waals surface area contributed by atoms with Crippen LogP contribution in [0, 0.1) is 0 Å². The topological polar surface area (TPSA) is 88.3 Å². The highest BCUT2D eigenvalue weighted by Crippen LogP contribution is 2.28. The zero-order valence-electron chi connectivity index (χ0n) is 14.7. The Morgan fingerprint density at radius 1 is 1.07 bits per heavy atom. The van der Waals surface area contributed by atoms with Gasteiger partial charge in [-0.25, -0.2) is 23.5 Å². The number of alkyl halides is 2. The zero-order chi connectivity index (χ0) is 19.9. The smallest absolute Gasteiger partial charge is 0.354 e. The molecule has 9 heteroatoms. The van der Waals surface area contributed by atoms with Crippen molar-refractivity contribution in [2.75, 3.05) is 13.1 Å². The monoisotopic (exact) mass is 386 g/mol. The van der Waals surface area contributed by atoms with Crippen LogP contribution in [-0.4, -0.2) is 55.4 Å². The fourth-order valence-electron chi connectivity index (χ4n) is 3.22. The summed E-state index contributed by atoms with van der Waals surface area (Å²) in [5.74, 6) is -4.13. The molecule has 0 aromatic carbocycles. The van der Waals surface area contributed by atoms with Crippen molar-refractivity contribution >= 4 is 22.9 Å². The van der Waals surface area contributed by atoms with E-state index < -0.39 is 11.9 Å². The van der Waals surface area contributed by atoms with Crippen molar-refractivity contribution in [2.24, 2.45) is 0 Å². The van der Waals surface area contributed by atoms with Gasteiger partial charge in [-0.2, -0.15) is 0 Å². The number of halogens is 2. The number of carbonyl (C=O) groups excluding carboxylic acids is 1. The minimum Gasteiger partial charge on any atom is -0.477 e. The lowest BCUT2D eigenvalue weighted by molar-refractivity contribution is -0.0494. The number of aromatic carboxylic acids is 1. The third kappa shape index (κ3) is 3.30. The van der Waals surface area contributed by atoms with Crippen LogP contribution in [0.2, 0.25) is 0 Å². The molecule has 0 bridgehead atoms. The van der Waals surface area contributed by atoms with Crippen molar-refractivity contribution in [1.29, 1.82) is 0 Å². The van der Waals surface area contributed by atoms with Gasteiger partial charge in [-0.3, -0.25) is 9.36 Å². The van der Waals surface area contributed by atoms with E-state index in [9.17, 15) is 18.4 Å². The molecule has 4 heterocycles. The van der Waals surface area contributed by atoms with Crippen LogP contribution in [0.3, 0.4) is 0 Å². The molecule has 0 radical (unpaired) electrons. The molecule has 1 aliphatic heterocycles. The molecule has 0 spiro atoms. The fourth-order valence-corrected chi connectivity index (χ4v) is 3.22. The molecule has 3 aromatic rings. The van der Waals surface area contributed by atoms with Gasteiger partial charge >= 0.3 is 5.97 Å². The first-order valence-electron chi connectivity index (χ1n) is 8.68. The average Bonchev–Trinajstić information content (AvgIpc) is 3.10. The number of hydrogen-bond donors (Lipinski definition) is 1. The van der Waals surface area contributed by atoms with Crippen LogP contribution < -0.4 is 0 Å². The van der Waals surface area contributed by atoms with Crippen LogP contribution in [0.5, 0.6) is 0 Å². The molecule has 1 amide bonds. The SMILES string of the molecule is O=C(O)c1ccc(-n2ccc3cc(C(=O)N4CCC(F)(F)CC4)cnc32)cn1. The van der Waals surface area contributed by atoms with Crippen molar-refractivity contribution in [2.45, 2.75) is 18.8 Å². The second kappa shape index (κ2) is 6.66. The highest BCUT2D eigenvalue weighted by Gasteiger charge is 2.35. The number of carbonyl (C=O) groups is 2. The first-order valence-corrected chi connectivity index (χ1v) is 8.68. The van der Waals surface area contributed by atoms with Gasteiger partial charge in [-0.05, 0) is 24.3 Å². The summed E-state index contributed by atoms with van der Waals surface area (Å²) in [4.78, 5) is 33.2. The number of likely N-dealkylation sites (tertiary alicyclic amines) is 1. The predicted octanol–water partition coefficient (Wildman–Crippen LogP) is 2.99. The minimum atomic E-state index is -2.71. The lowest BCUT2D eigenvalue weighted by Crippen LogP contribution is -2.42. The summed E-state index contributed by atoms with van der Waals surface area (Å²) in [6.45, 7) is 0.0406. The van der Waals surface area contributed by atoms with E-state index in [1.54, 1.807) is 29.0 Å². The summed E-state index contributed by atoms with van der Waals surface area (Å²) in [6.07, 6.45) is 3.93. The van der Waals surface area contributed by atoms with E-state index in [-0.39, 0.29) is 37.5 Å². The number of carboxylic acids is 1. The van der Waals surface area contributed by atoms with E-state index in [2.05, 4.69) is 9.97 Å². The Labute approximate surface area is 158 Å². The predicted molar refractivity (Wildman–Crippen MR) is 95.9 cm³/mol. The van der Waals surface area contributed by atoms with Crippen molar-refractivity contribution in [3.63, 3.8) is 0 Å². The van der Waals surface area contributed by atoms with E-state index >= 15 is 0 Å². The Kier molecular flexibility index (Phi) is 4.29. The standard InChI is InChI=1S/C19H16F2N4O3/c20-19(21)4-7-24(8-5-19)17(26)13-9-12-3-6-25(16(12)23-10-13)14-1-2-15(18(27)28)22-11-14/h1-3,6,9-11H,4-5,7-8H2,(H,27,28). The minimum absolute atomic E-state index is 0.0203. The molecule has 3 aromatic heterocycles. The highest BCUT2D eigenvalue weighted by molar-refractivity contribution is 5.97. The second-order valence-electron chi connectivity index (χ2n) is 6.68. The van der Waals surface area contributed by atoms with Gasteiger partial charge < -0.3 is 10.0 Å². The van der Waals surface area contributed by atoms with Crippen molar-refractivity contribution in [3.8, 4) is 5.69 Å². The van der Waals surface area contributed by atoms with Crippen molar-refractivity contribution < 1.29 is 23.5 Å². The summed E-state index contributed by atoms with van der Waals surface area (Å²) >= 11 is 0. The summed E-state index contributed by atoms with van der Waals surface area (Å²) in [5.41, 5.74) is 1.49. The van der Waals surface area contributed by atoms with Crippen LogP contribution in [0.4, 0.5) is 8.78 Å². The first kappa shape index (κ1) is 18.0. The van der Waals surface area contributed by atoms with Crippen LogP contribution >= 0.6 is 0 Å². The molecule has 0 unspecified atom stereocenters. The van der Waals surface area contributed by atoms with Gasteiger partial charge in [-0.15, -0.1) is 0 Å². The Hall–Kier alpha value is -3.36. The van der Waals surface area contributed by atoms with Crippen LogP contribution in [-0.2, 0) is 0 Å². The van der Waals surface area contributed by atoms with Crippen LogP contribution in [0.15, 0.2) is 42.9 Å². The number of pyridine rings is 2. The largest absolute Gasteiger partial charge is 0.477 e. The van der Waals surface area contributed by atoms with Gasteiger partial charge in [0.2, 0.25) is 0 Å². The molecule has 1 saturated heterocycles. The number of nitrogens with zero attached hydrogens (tertiary/aromatic N) is 4. The van der Waals surface area contributed by atoms with Crippen LogP contribution in [0.1, 0.15) is 33.7 Å². The molecule has 0 aliphatic carbocycles. The maximum atomic E-state index is 13.3. The van der Waals surface area contributed by atoms with Crippen LogP contribution in [0.25, 0.3) is 16.7 Å². The summed E-state index contributed by atoms with van der Waals surface area (Å²) in [7, 11) is 0. The third-order valence-electron chi connectivity index (χ3n) is 4.80. The van der Waals surface area contributed by atoms with Crippen molar-refractivity contribution in [3.05, 3.63) is 54.1 Å². The number of hydrogen-bond acceptors (Lipinski definition) is 4. The van der Waals surface area contributed by atoms with Gasteiger partial charge in [-0.1, -0.05) is 0 Å². The maximum Gasteiger partial charge on any atom is 0.354 e. The average molecular weight is 386 g/mol. The molecule has 1 fully saturated rings. The summed E-state index contributed by atoms with van der Waals surface area (Å²) in [5, 5.41) is 9.64. The highest BCUT2D eigenvalue weighted by atomic mass is 19.3. The fraction of sp³-hybridized carbons (Fsp3) is 0.263. The maximum absolute atomic E-state index is 13.3. The molecular weight excluding hydrogens is 370 g/mol. The van der Waals surface area contributed by atoms with Gasteiger partial charge in [0, 0.05) is 43.7 Å². The number of rotatable bonds is 3. The molecule has 4 rings (SSSR count). The molecule has 144 valence electrons. The molecule has 0 saturated carbocycles. The quantitative estimate of drug-likeness (QED) is 0.748. The molecule has 28 heavy (non-hydrogen) atoms.